The minimum absolute atomic E-state index is 0.636. The van der Waals surface area contributed by atoms with Crippen molar-refractivity contribution in [2.75, 3.05) is 35.0 Å². The van der Waals surface area contributed by atoms with E-state index in [1.165, 1.54) is 41.3 Å². The zero-order valence-electron chi connectivity index (χ0n) is 17.5. The maximum Gasteiger partial charge on any atom is 0.169 e. The molecule has 5 nitrogen and oxygen atoms in total. The van der Waals surface area contributed by atoms with Crippen molar-refractivity contribution < 1.29 is 18.9 Å². The van der Waals surface area contributed by atoms with Crippen molar-refractivity contribution in [1.82, 2.24) is 4.90 Å². The molecule has 3 aromatic carbocycles. The average molecular weight is 393 g/mol. The van der Waals surface area contributed by atoms with E-state index in [1.807, 2.05) is 6.07 Å². The number of benzene rings is 3. The second kappa shape index (κ2) is 6.99. The molecule has 0 spiro atoms. The molecule has 1 fully saturated rings. The minimum atomic E-state index is 0.636. The highest BCUT2D eigenvalue weighted by Gasteiger charge is 2.33. The number of nitrogens with zero attached hydrogens (tertiary/aromatic N) is 1. The molecule has 1 saturated heterocycles. The second-order valence-corrected chi connectivity index (χ2v) is 7.90. The molecule has 0 amide bonds. The summed E-state index contributed by atoms with van der Waals surface area (Å²) in [5.41, 5.74) is 2.84. The standard InChI is InChI=1S/C24H27NO4/c1-26-20-8-7-15-19-13-25-9-5-6-14(25)10-16(19)17-11-21(27-2)22(28-3)12-18(17)23(15)24(20)29-4/h7-8,11-12,14H,5-6,9-10,13H2,1-4H3. The van der Waals surface area contributed by atoms with Crippen molar-refractivity contribution in [3.63, 3.8) is 0 Å². The molecule has 2 aliphatic heterocycles. The first kappa shape index (κ1) is 18.4. The summed E-state index contributed by atoms with van der Waals surface area (Å²) in [6.07, 6.45) is 3.63. The summed E-state index contributed by atoms with van der Waals surface area (Å²) in [4.78, 5) is 2.63. The van der Waals surface area contributed by atoms with Crippen LogP contribution < -0.4 is 18.9 Å². The maximum absolute atomic E-state index is 5.85. The van der Waals surface area contributed by atoms with Gasteiger partial charge in [-0.05, 0) is 71.3 Å². The van der Waals surface area contributed by atoms with Crippen LogP contribution in [0.3, 0.4) is 0 Å². The lowest BCUT2D eigenvalue weighted by molar-refractivity contribution is 0.229. The van der Waals surface area contributed by atoms with Crippen molar-refractivity contribution in [3.05, 3.63) is 35.4 Å². The van der Waals surface area contributed by atoms with Crippen LogP contribution in [0.1, 0.15) is 24.0 Å². The van der Waals surface area contributed by atoms with Crippen molar-refractivity contribution in [1.29, 1.82) is 0 Å². The SMILES string of the molecule is COc1cc2c3c(c4ccc(OC)c(OC)c4c2cc1OC)CN1CCCC1C3. The third kappa shape index (κ3) is 2.64. The Balaban J connectivity index is 1.94. The summed E-state index contributed by atoms with van der Waals surface area (Å²) in [5.74, 6) is 3.00. The molecule has 2 aliphatic rings. The van der Waals surface area contributed by atoms with E-state index in [1.54, 1.807) is 28.4 Å². The summed E-state index contributed by atoms with van der Waals surface area (Å²) in [6, 6.07) is 9.05. The first-order valence-electron chi connectivity index (χ1n) is 10.2. The highest BCUT2D eigenvalue weighted by Crippen LogP contribution is 2.48. The molecule has 0 aromatic heterocycles. The lowest BCUT2D eigenvalue weighted by atomic mass is 9.85. The largest absolute Gasteiger partial charge is 0.493 e. The molecule has 3 aromatic rings. The van der Waals surface area contributed by atoms with Gasteiger partial charge in [0.1, 0.15) is 0 Å². The second-order valence-electron chi connectivity index (χ2n) is 7.90. The van der Waals surface area contributed by atoms with E-state index in [9.17, 15) is 0 Å². The molecule has 2 heterocycles. The van der Waals surface area contributed by atoms with E-state index in [-0.39, 0.29) is 0 Å². The lowest BCUT2D eigenvalue weighted by Crippen LogP contribution is -2.35. The number of rotatable bonds is 4. The van der Waals surface area contributed by atoms with Gasteiger partial charge in [0, 0.05) is 18.0 Å². The smallest absolute Gasteiger partial charge is 0.169 e. The van der Waals surface area contributed by atoms with Crippen LogP contribution in [-0.4, -0.2) is 45.9 Å². The molecule has 0 N–H and O–H groups in total. The van der Waals surface area contributed by atoms with Crippen LogP contribution in [-0.2, 0) is 13.0 Å². The quantitative estimate of drug-likeness (QED) is 0.608. The van der Waals surface area contributed by atoms with Crippen LogP contribution in [0.25, 0.3) is 21.5 Å². The van der Waals surface area contributed by atoms with Crippen LogP contribution in [0.5, 0.6) is 23.0 Å². The number of hydrogen-bond donors (Lipinski definition) is 0. The van der Waals surface area contributed by atoms with Gasteiger partial charge in [-0.1, -0.05) is 6.07 Å². The van der Waals surface area contributed by atoms with E-state index in [4.69, 9.17) is 18.9 Å². The Labute approximate surface area is 171 Å². The predicted octanol–water partition coefficient (Wildman–Crippen LogP) is 4.55. The van der Waals surface area contributed by atoms with Gasteiger partial charge in [-0.25, -0.2) is 0 Å². The maximum atomic E-state index is 5.85. The van der Waals surface area contributed by atoms with E-state index in [0.717, 1.165) is 46.7 Å². The first-order chi connectivity index (χ1) is 14.2. The highest BCUT2D eigenvalue weighted by molar-refractivity contribution is 6.15. The zero-order chi connectivity index (χ0) is 20.1. The fourth-order valence-electron chi connectivity index (χ4n) is 5.29. The Bertz CT molecular complexity index is 1090. The topological polar surface area (TPSA) is 40.2 Å². The number of fused-ring (bicyclic) bond motifs is 7. The fourth-order valence-corrected chi connectivity index (χ4v) is 5.29. The van der Waals surface area contributed by atoms with Crippen molar-refractivity contribution in [3.8, 4) is 23.0 Å². The van der Waals surface area contributed by atoms with Gasteiger partial charge >= 0.3 is 0 Å². The molecule has 0 radical (unpaired) electrons. The first-order valence-corrected chi connectivity index (χ1v) is 10.2. The Kier molecular flexibility index (Phi) is 4.43. The summed E-state index contributed by atoms with van der Waals surface area (Å²) in [6.45, 7) is 2.17. The van der Waals surface area contributed by atoms with E-state index >= 15 is 0 Å². The van der Waals surface area contributed by atoms with Crippen LogP contribution in [0.4, 0.5) is 0 Å². The number of hydrogen-bond acceptors (Lipinski definition) is 5. The normalized spacial score (nSPS) is 18.6. The fraction of sp³-hybridized carbons (Fsp3) is 0.417. The van der Waals surface area contributed by atoms with Gasteiger partial charge in [0.05, 0.1) is 28.4 Å². The third-order valence-electron chi connectivity index (χ3n) is 6.65. The summed E-state index contributed by atoms with van der Waals surface area (Å²) < 4.78 is 22.7. The van der Waals surface area contributed by atoms with Crippen LogP contribution in [0, 0.1) is 0 Å². The molecular weight excluding hydrogens is 366 g/mol. The summed E-state index contributed by atoms with van der Waals surface area (Å²) in [5, 5.41) is 4.67. The average Bonchev–Trinajstić information content (AvgIpc) is 3.23. The predicted molar refractivity (Wildman–Crippen MR) is 115 cm³/mol. The van der Waals surface area contributed by atoms with Gasteiger partial charge in [-0.15, -0.1) is 0 Å². The van der Waals surface area contributed by atoms with Crippen molar-refractivity contribution in [2.45, 2.75) is 31.8 Å². The highest BCUT2D eigenvalue weighted by atomic mass is 16.5. The molecule has 152 valence electrons. The molecule has 5 heteroatoms. The Hall–Kier alpha value is -2.66. The van der Waals surface area contributed by atoms with Gasteiger partial charge in [0.2, 0.25) is 0 Å². The molecule has 0 aliphatic carbocycles. The lowest BCUT2D eigenvalue weighted by Gasteiger charge is -2.34. The molecule has 5 rings (SSSR count). The van der Waals surface area contributed by atoms with Gasteiger partial charge < -0.3 is 18.9 Å². The van der Waals surface area contributed by atoms with E-state index in [2.05, 4.69) is 23.1 Å². The van der Waals surface area contributed by atoms with E-state index in [0.29, 0.717) is 6.04 Å². The molecular formula is C24H27NO4. The monoisotopic (exact) mass is 393 g/mol. The molecule has 29 heavy (non-hydrogen) atoms. The number of methoxy groups -OCH3 is 4. The van der Waals surface area contributed by atoms with Crippen molar-refractivity contribution >= 4 is 21.5 Å². The minimum Gasteiger partial charge on any atom is -0.493 e. The molecule has 1 unspecified atom stereocenters. The zero-order valence-corrected chi connectivity index (χ0v) is 17.5. The van der Waals surface area contributed by atoms with Crippen LogP contribution in [0.2, 0.25) is 0 Å². The summed E-state index contributed by atoms with van der Waals surface area (Å²) >= 11 is 0. The molecule has 0 bridgehead atoms. The Morgan fingerprint density at radius 1 is 0.793 bits per heavy atom. The van der Waals surface area contributed by atoms with Crippen LogP contribution in [0.15, 0.2) is 24.3 Å². The third-order valence-corrected chi connectivity index (χ3v) is 6.65. The summed E-state index contributed by atoms with van der Waals surface area (Å²) in [7, 11) is 6.76. The van der Waals surface area contributed by atoms with Gasteiger partial charge in [-0.2, -0.15) is 0 Å². The van der Waals surface area contributed by atoms with Gasteiger partial charge in [0.15, 0.2) is 23.0 Å². The molecule has 0 saturated carbocycles. The number of ether oxygens (including phenoxy) is 4. The van der Waals surface area contributed by atoms with Crippen molar-refractivity contribution in [2.24, 2.45) is 0 Å². The Morgan fingerprint density at radius 3 is 2.21 bits per heavy atom. The Morgan fingerprint density at radius 2 is 1.52 bits per heavy atom. The molecule has 1 atom stereocenters. The van der Waals surface area contributed by atoms with Gasteiger partial charge in [-0.3, -0.25) is 4.90 Å². The van der Waals surface area contributed by atoms with Gasteiger partial charge in [0.25, 0.3) is 0 Å². The van der Waals surface area contributed by atoms with E-state index < -0.39 is 0 Å². The van der Waals surface area contributed by atoms with Crippen LogP contribution >= 0.6 is 0 Å².